The lowest BCUT2D eigenvalue weighted by atomic mass is 9.83. The zero-order valence-electron chi connectivity index (χ0n) is 21.3. The Hall–Kier alpha value is -2.86. The van der Waals surface area contributed by atoms with E-state index in [1.165, 1.54) is 14.0 Å². The second-order valence-electron chi connectivity index (χ2n) is 8.39. The molecule has 0 atom stereocenters. The third-order valence-corrected chi connectivity index (χ3v) is 5.04. The van der Waals surface area contributed by atoms with Crippen molar-refractivity contribution in [2.45, 2.75) is 73.1 Å². The smallest absolute Gasteiger partial charge is 0.189 e. The van der Waals surface area contributed by atoms with Gasteiger partial charge in [0.15, 0.2) is 11.8 Å². The third-order valence-electron chi connectivity index (χ3n) is 5.04. The molecule has 0 saturated carbocycles. The molecule has 6 N–H and O–H groups in total. The maximum Gasteiger partial charge on any atom is 0.189 e. The molecule has 1 aliphatic rings. The van der Waals surface area contributed by atoms with Crippen molar-refractivity contribution in [3.63, 3.8) is 0 Å². The second kappa shape index (κ2) is 15.9. The molecule has 33 heavy (non-hydrogen) atoms. The molecule has 1 aromatic rings. The lowest BCUT2D eigenvalue weighted by molar-refractivity contribution is 0.318. The maximum absolute atomic E-state index is 8.43. The summed E-state index contributed by atoms with van der Waals surface area (Å²) in [5, 5.41) is 32.0. The molecule has 0 unspecified atom stereocenters. The molecule has 1 aliphatic carbocycles. The highest BCUT2D eigenvalue weighted by molar-refractivity contribution is 6.51. The molecule has 0 fully saturated rings. The Kier molecular flexibility index (Phi) is 14.5. The highest BCUT2D eigenvalue weighted by Crippen LogP contribution is 2.28. The monoisotopic (exact) mass is 453 g/mol. The average molecular weight is 454 g/mol. The van der Waals surface area contributed by atoms with Gasteiger partial charge in [0.2, 0.25) is 0 Å². The average Bonchev–Trinajstić information content (AvgIpc) is 2.80. The molecule has 0 spiro atoms. The van der Waals surface area contributed by atoms with Gasteiger partial charge in [-0.25, -0.2) is 0 Å². The third kappa shape index (κ3) is 11.5. The van der Waals surface area contributed by atoms with E-state index in [1.807, 2.05) is 44.2 Å². The molecule has 0 saturated heterocycles. The van der Waals surface area contributed by atoms with E-state index in [0.717, 1.165) is 48.8 Å². The van der Waals surface area contributed by atoms with Crippen molar-refractivity contribution in [3.8, 4) is 0 Å². The van der Waals surface area contributed by atoms with Gasteiger partial charge in [0.25, 0.3) is 0 Å². The standard InChI is InChI=1S/C24H32N4O.C2H6.CH5N/c1-17(25)29-21(26)16-24(2,3)14-8-10-18-9-7-13-20(15-18)23(28)22(27)19-11-5-4-6-12-19;2*1-2/h4-5,7,9,11,13,15,25-28H,6,8,10,12,14,16H2,1-3H3;1-2H3;2H2,1H3. The van der Waals surface area contributed by atoms with Crippen LogP contribution in [0.5, 0.6) is 0 Å². The number of aryl methyl sites for hydroxylation is 1. The van der Waals surface area contributed by atoms with Crippen molar-refractivity contribution in [3.05, 3.63) is 59.2 Å². The van der Waals surface area contributed by atoms with Crippen molar-refractivity contribution in [1.29, 1.82) is 21.6 Å². The largest absolute Gasteiger partial charge is 0.430 e. The molecule has 6 heteroatoms. The van der Waals surface area contributed by atoms with E-state index in [-0.39, 0.29) is 22.9 Å². The molecule has 2 rings (SSSR count). The lowest BCUT2D eigenvalue weighted by Gasteiger charge is -2.24. The summed E-state index contributed by atoms with van der Waals surface area (Å²) < 4.78 is 5.08. The van der Waals surface area contributed by atoms with E-state index < -0.39 is 0 Å². The lowest BCUT2D eigenvalue weighted by Crippen LogP contribution is -2.20. The molecule has 0 radical (unpaired) electrons. The number of ether oxygens (including phenoxy) is 1. The normalized spacial score (nSPS) is 12.3. The van der Waals surface area contributed by atoms with E-state index in [0.29, 0.717) is 12.1 Å². The Labute approximate surface area is 200 Å². The molecule has 0 bridgehead atoms. The molecule has 182 valence electrons. The zero-order valence-corrected chi connectivity index (χ0v) is 21.3. The van der Waals surface area contributed by atoms with Gasteiger partial charge in [-0.3, -0.25) is 21.6 Å². The van der Waals surface area contributed by atoms with E-state index in [9.17, 15) is 0 Å². The van der Waals surface area contributed by atoms with Crippen LogP contribution in [0.4, 0.5) is 0 Å². The van der Waals surface area contributed by atoms with E-state index in [1.54, 1.807) is 0 Å². The van der Waals surface area contributed by atoms with Gasteiger partial charge in [0.05, 0.1) is 11.4 Å². The van der Waals surface area contributed by atoms with Crippen molar-refractivity contribution in [2.24, 2.45) is 11.1 Å². The first kappa shape index (κ1) is 30.1. The van der Waals surface area contributed by atoms with Gasteiger partial charge >= 0.3 is 0 Å². The highest BCUT2D eigenvalue weighted by Gasteiger charge is 2.21. The van der Waals surface area contributed by atoms with Crippen LogP contribution < -0.4 is 5.73 Å². The summed E-state index contributed by atoms with van der Waals surface area (Å²) in [4.78, 5) is 0. The van der Waals surface area contributed by atoms with E-state index in [2.05, 4.69) is 31.7 Å². The van der Waals surface area contributed by atoms with E-state index in [4.69, 9.17) is 26.4 Å². The Morgan fingerprint density at radius 3 is 2.30 bits per heavy atom. The Morgan fingerprint density at radius 2 is 1.73 bits per heavy atom. The van der Waals surface area contributed by atoms with Gasteiger partial charge < -0.3 is 10.5 Å². The Bertz CT molecular complexity index is 865. The van der Waals surface area contributed by atoms with Crippen LogP contribution in [0.15, 0.2) is 48.1 Å². The minimum Gasteiger partial charge on any atom is -0.430 e. The van der Waals surface area contributed by atoms with Gasteiger partial charge in [-0.1, -0.05) is 64.1 Å². The SMILES string of the molecule is CC.CC(=N)OC(=N)CC(C)(C)CCCc1cccc(C(=N)C(=N)C2=CC=CCC2)c1.CN. The van der Waals surface area contributed by atoms with Crippen molar-refractivity contribution in [2.75, 3.05) is 7.05 Å². The van der Waals surface area contributed by atoms with Crippen LogP contribution in [0, 0.1) is 27.1 Å². The Balaban J connectivity index is 0.00000242. The van der Waals surface area contributed by atoms with Crippen LogP contribution in [0.25, 0.3) is 0 Å². The fourth-order valence-corrected chi connectivity index (χ4v) is 3.51. The number of nitrogens with one attached hydrogen (secondary N) is 4. The minimum absolute atomic E-state index is 0.0515. The minimum atomic E-state index is -0.0695. The number of rotatable bonds is 9. The van der Waals surface area contributed by atoms with Crippen LogP contribution in [0.2, 0.25) is 0 Å². The van der Waals surface area contributed by atoms with Gasteiger partial charge in [-0.15, -0.1) is 0 Å². The number of allylic oxidation sites excluding steroid dienone is 4. The number of benzene rings is 1. The number of hydrogen-bond donors (Lipinski definition) is 5. The van der Waals surface area contributed by atoms with E-state index >= 15 is 0 Å². The topological polar surface area (TPSA) is 131 Å². The fourth-order valence-electron chi connectivity index (χ4n) is 3.51. The predicted molar refractivity (Wildman–Crippen MR) is 142 cm³/mol. The molecule has 0 heterocycles. The fraction of sp³-hybridized carbons (Fsp3) is 0.481. The molecule has 1 aromatic carbocycles. The summed E-state index contributed by atoms with van der Waals surface area (Å²) in [6, 6.07) is 7.96. The molecule has 6 nitrogen and oxygen atoms in total. The summed E-state index contributed by atoms with van der Waals surface area (Å²) in [5.41, 5.74) is 7.90. The first-order valence-corrected chi connectivity index (χ1v) is 11.7. The van der Waals surface area contributed by atoms with Crippen LogP contribution in [-0.4, -0.2) is 30.3 Å². The second-order valence-corrected chi connectivity index (χ2v) is 8.39. The number of hydrogen-bond acceptors (Lipinski definition) is 6. The van der Waals surface area contributed by atoms with Gasteiger partial charge in [0, 0.05) is 18.9 Å². The van der Waals surface area contributed by atoms with Crippen molar-refractivity contribution in [1.82, 2.24) is 0 Å². The van der Waals surface area contributed by atoms with Crippen LogP contribution in [0.3, 0.4) is 0 Å². The maximum atomic E-state index is 8.43. The van der Waals surface area contributed by atoms with Crippen molar-refractivity contribution < 1.29 is 4.74 Å². The van der Waals surface area contributed by atoms with Crippen LogP contribution in [0.1, 0.15) is 77.8 Å². The molecule has 0 aliphatic heterocycles. The van der Waals surface area contributed by atoms with Gasteiger partial charge in [0.1, 0.15) is 0 Å². The summed E-state index contributed by atoms with van der Waals surface area (Å²) in [5.74, 6) is 0.193. The van der Waals surface area contributed by atoms with Crippen LogP contribution in [-0.2, 0) is 11.2 Å². The van der Waals surface area contributed by atoms with Gasteiger partial charge in [-0.2, -0.15) is 0 Å². The molecular weight excluding hydrogens is 410 g/mol. The zero-order chi connectivity index (χ0) is 25.4. The first-order chi connectivity index (χ1) is 15.7. The molecule has 0 aromatic heterocycles. The van der Waals surface area contributed by atoms with Gasteiger partial charge in [-0.05, 0) is 61.8 Å². The summed E-state index contributed by atoms with van der Waals surface area (Å²) >= 11 is 0. The summed E-state index contributed by atoms with van der Waals surface area (Å²) in [6.07, 6.45) is 11.0. The molecular formula is C27H43N5O. The predicted octanol–water partition coefficient (Wildman–Crippen LogP) is 6.68. The quantitative estimate of drug-likeness (QED) is 0.211. The molecule has 0 amide bonds. The first-order valence-electron chi connectivity index (χ1n) is 11.7. The summed E-state index contributed by atoms with van der Waals surface area (Å²) in [7, 11) is 1.50. The number of nitrogens with two attached hydrogens (primary N) is 1. The Morgan fingerprint density at radius 1 is 1.06 bits per heavy atom. The van der Waals surface area contributed by atoms with Crippen molar-refractivity contribution >= 4 is 23.2 Å². The van der Waals surface area contributed by atoms with Crippen LogP contribution >= 0.6 is 0 Å². The highest BCUT2D eigenvalue weighted by atomic mass is 16.5. The summed E-state index contributed by atoms with van der Waals surface area (Å²) in [6.45, 7) is 9.77.